The predicted octanol–water partition coefficient (Wildman–Crippen LogP) is 3.87. The Hall–Kier alpha value is -1.01. The number of ether oxygens (including phenoxy) is 1. The lowest BCUT2D eigenvalue weighted by atomic mass is 9.94. The lowest BCUT2D eigenvalue weighted by molar-refractivity contribution is -0.150. The van der Waals surface area contributed by atoms with Crippen LogP contribution in [0.15, 0.2) is 17.9 Å². The molecule has 0 saturated carbocycles. The topological polar surface area (TPSA) is 26.3 Å². The zero-order chi connectivity index (χ0) is 12.4. The van der Waals surface area contributed by atoms with Crippen LogP contribution in [0.25, 0.3) is 0 Å². The molecule has 0 saturated heterocycles. The molecular weight excluding hydrogens is 200 g/mol. The van der Waals surface area contributed by atoms with Crippen molar-refractivity contribution < 1.29 is 9.53 Å². The average molecular weight is 224 g/mol. The number of carbonyl (C=O) groups excluding carboxylic acids is 1. The summed E-state index contributed by atoms with van der Waals surface area (Å²) in [5.74, 6) is -0.190. The van der Waals surface area contributed by atoms with E-state index in [2.05, 4.69) is 12.7 Å². The van der Waals surface area contributed by atoms with Gasteiger partial charge in [-0.3, -0.25) is 4.79 Å². The van der Waals surface area contributed by atoms with E-state index in [1.54, 1.807) is 6.08 Å². The van der Waals surface area contributed by atoms with Crippen molar-refractivity contribution in [2.45, 2.75) is 53.4 Å². The summed E-state index contributed by atoms with van der Waals surface area (Å²) in [5.41, 5.74) is 2.50. The Morgan fingerprint density at radius 3 is 2.56 bits per heavy atom. The summed E-state index contributed by atoms with van der Waals surface area (Å²) in [5, 5.41) is 0. The molecule has 0 aromatic carbocycles. The summed E-state index contributed by atoms with van der Waals surface area (Å²) in [6, 6.07) is 0. The monoisotopic (exact) mass is 224 g/mol. The molecule has 0 aliphatic rings. The fraction of sp³-hybridized carbons (Fsp3) is 0.714. The van der Waals surface area contributed by atoms with Crippen molar-refractivity contribution in [3.8, 4) is 0 Å². The second-order valence-electron chi connectivity index (χ2n) is 4.45. The molecule has 0 aromatic rings. The van der Waals surface area contributed by atoms with E-state index in [-0.39, 0.29) is 5.97 Å². The van der Waals surface area contributed by atoms with Crippen molar-refractivity contribution in [1.82, 2.24) is 0 Å². The maximum atomic E-state index is 11.5. The lowest BCUT2D eigenvalue weighted by Crippen LogP contribution is -2.24. The van der Waals surface area contributed by atoms with E-state index in [0.29, 0.717) is 6.61 Å². The van der Waals surface area contributed by atoms with E-state index in [4.69, 9.17) is 4.74 Å². The van der Waals surface area contributed by atoms with E-state index in [0.717, 1.165) is 6.42 Å². The van der Waals surface area contributed by atoms with E-state index in [1.807, 2.05) is 26.8 Å². The molecule has 0 bridgehead atoms. The molecule has 0 amide bonds. The van der Waals surface area contributed by atoms with Crippen LogP contribution in [0, 0.1) is 5.41 Å². The van der Waals surface area contributed by atoms with Crippen LogP contribution in [-0.4, -0.2) is 12.6 Å². The summed E-state index contributed by atoms with van der Waals surface area (Å²) in [6.07, 6.45) is 8.49. The third-order valence-corrected chi connectivity index (χ3v) is 2.32. The maximum absolute atomic E-state index is 11.5. The normalized spacial score (nSPS) is 10.5. The van der Waals surface area contributed by atoms with Crippen LogP contribution in [0.4, 0.5) is 0 Å². The van der Waals surface area contributed by atoms with Gasteiger partial charge in [-0.2, -0.15) is 0 Å². The standard InChI is InChI=1S/C14H24O2/c1-5-7-8-9-10-11-12-14(3,4)13(15)16-6-2/h10,12H,5-9H2,1-4H3. The van der Waals surface area contributed by atoms with Gasteiger partial charge in [-0.15, -0.1) is 5.73 Å². The molecule has 0 aliphatic carbocycles. The van der Waals surface area contributed by atoms with Crippen LogP contribution in [0.1, 0.15) is 53.4 Å². The van der Waals surface area contributed by atoms with E-state index >= 15 is 0 Å². The first-order chi connectivity index (χ1) is 7.54. The highest BCUT2D eigenvalue weighted by molar-refractivity contribution is 5.78. The predicted molar refractivity (Wildman–Crippen MR) is 67.2 cm³/mol. The molecule has 0 N–H and O–H groups in total. The zero-order valence-corrected chi connectivity index (χ0v) is 11.0. The Labute approximate surface area is 99.4 Å². The van der Waals surface area contributed by atoms with Gasteiger partial charge in [0.25, 0.3) is 0 Å². The molecule has 0 fully saturated rings. The molecule has 0 aliphatic heterocycles. The summed E-state index contributed by atoms with van der Waals surface area (Å²) in [6.45, 7) is 8.12. The Bertz CT molecular complexity index is 258. The number of rotatable bonds is 7. The first-order valence-corrected chi connectivity index (χ1v) is 6.14. The summed E-state index contributed by atoms with van der Waals surface area (Å²) < 4.78 is 4.98. The molecule has 16 heavy (non-hydrogen) atoms. The Morgan fingerprint density at radius 1 is 1.31 bits per heavy atom. The molecular formula is C14H24O2. The van der Waals surface area contributed by atoms with E-state index < -0.39 is 5.41 Å². The quantitative estimate of drug-likeness (QED) is 0.373. The molecule has 0 aromatic heterocycles. The fourth-order valence-corrected chi connectivity index (χ4v) is 1.22. The molecule has 0 spiro atoms. The van der Waals surface area contributed by atoms with Crippen LogP contribution < -0.4 is 0 Å². The number of hydrogen-bond donors (Lipinski definition) is 0. The summed E-state index contributed by atoms with van der Waals surface area (Å²) in [4.78, 5) is 11.5. The molecule has 0 heterocycles. The lowest BCUT2D eigenvalue weighted by Gasteiger charge is -2.16. The minimum Gasteiger partial charge on any atom is -0.465 e. The van der Waals surface area contributed by atoms with Gasteiger partial charge in [0, 0.05) is 0 Å². The Morgan fingerprint density at radius 2 is 2.00 bits per heavy atom. The summed E-state index contributed by atoms with van der Waals surface area (Å²) in [7, 11) is 0. The molecule has 0 radical (unpaired) electrons. The van der Waals surface area contributed by atoms with Gasteiger partial charge in [-0.05, 0) is 45.8 Å². The van der Waals surface area contributed by atoms with Crippen LogP contribution in [0.5, 0.6) is 0 Å². The van der Waals surface area contributed by atoms with Gasteiger partial charge in [0.2, 0.25) is 0 Å². The van der Waals surface area contributed by atoms with Crippen molar-refractivity contribution in [3.05, 3.63) is 17.9 Å². The fourth-order valence-electron chi connectivity index (χ4n) is 1.22. The van der Waals surface area contributed by atoms with Gasteiger partial charge in [0.1, 0.15) is 0 Å². The van der Waals surface area contributed by atoms with Gasteiger partial charge in [0.15, 0.2) is 0 Å². The highest BCUT2D eigenvalue weighted by Crippen LogP contribution is 2.18. The second kappa shape index (κ2) is 8.18. The van der Waals surface area contributed by atoms with Crippen molar-refractivity contribution in [3.63, 3.8) is 0 Å². The maximum Gasteiger partial charge on any atom is 0.315 e. The van der Waals surface area contributed by atoms with Gasteiger partial charge in [-0.25, -0.2) is 0 Å². The minimum absolute atomic E-state index is 0.190. The Kier molecular flexibility index (Phi) is 7.66. The molecule has 0 atom stereocenters. The summed E-state index contributed by atoms with van der Waals surface area (Å²) >= 11 is 0. The molecule has 92 valence electrons. The molecule has 0 unspecified atom stereocenters. The number of carbonyl (C=O) groups is 1. The third-order valence-electron chi connectivity index (χ3n) is 2.32. The highest BCUT2D eigenvalue weighted by Gasteiger charge is 2.25. The Balaban J connectivity index is 4.12. The smallest absolute Gasteiger partial charge is 0.315 e. The first kappa shape index (κ1) is 15.0. The van der Waals surface area contributed by atoms with Crippen molar-refractivity contribution >= 4 is 5.97 Å². The van der Waals surface area contributed by atoms with E-state index in [9.17, 15) is 4.79 Å². The van der Waals surface area contributed by atoms with Crippen LogP contribution in [0.3, 0.4) is 0 Å². The molecule has 0 rings (SSSR count). The van der Waals surface area contributed by atoms with Gasteiger partial charge >= 0.3 is 5.97 Å². The van der Waals surface area contributed by atoms with E-state index in [1.165, 1.54) is 19.3 Å². The number of esters is 1. The van der Waals surface area contributed by atoms with Gasteiger partial charge in [-0.1, -0.05) is 19.8 Å². The van der Waals surface area contributed by atoms with Crippen LogP contribution >= 0.6 is 0 Å². The molecule has 2 nitrogen and oxygen atoms in total. The van der Waals surface area contributed by atoms with Crippen LogP contribution in [0.2, 0.25) is 0 Å². The zero-order valence-electron chi connectivity index (χ0n) is 11.0. The van der Waals surface area contributed by atoms with Gasteiger partial charge in [0.05, 0.1) is 12.0 Å². The largest absolute Gasteiger partial charge is 0.465 e. The van der Waals surface area contributed by atoms with Crippen molar-refractivity contribution in [2.24, 2.45) is 5.41 Å². The van der Waals surface area contributed by atoms with Crippen molar-refractivity contribution in [2.75, 3.05) is 6.61 Å². The third kappa shape index (κ3) is 6.47. The second-order valence-corrected chi connectivity index (χ2v) is 4.45. The van der Waals surface area contributed by atoms with Crippen molar-refractivity contribution in [1.29, 1.82) is 0 Å². The number of hydrogen-bond acceptors (Lipinski definition) is 2. The minimum atomic E-state index is -0.572. The average Bonchev–Trinajstić information content (AvgIpc) is 2.23. The SMILES string of the molecule is CCCCCC=C=CC(C)(C)C(=O)OCC. The van der Waals surface area contributed by atoms with Crippen LogP contribution in [-0.2, 0) is 9.53 Å². The first-order valence-electron chi connectivity index (χ1n) is 6.14. The number of unbranched alkanes of at least 4 members (excludes halogenated alkanes) is 3. The van der Waals surface area contributed by atoms with Gasteiger partial charge < -0.3 is 4.74 Å². The molecule has 2 heteroatoms. The highest BCUT2D eigenvalue weighted by atomic mass is 16.5.